The second-order valence-corrected chi connectivity index (χ2v) is 20.3. The van der Waals surface area contributed by atoms with Gasteiger partial charge in [0.05, 0.1) is 0 Å². The molecule has 0 unspecified atom stereocenters. The summed E-state index contributed by atoms with van der Waals surface area (Å²) in [6, 6.07) is 33.3. The Labute approximate surface area is 183 Å². The average Bonchev–Trinajstić information content (AvgIpc) is 3.44. The van der Waals surface area contributed by atoms with E-state index in [0.717, 1.165) is 0 Å². The van der Waals surface area contributed by atoms with Gasteiger partial charge in [-0.25, -0.2) is 0 Å². The number of benzene rings is 3. The molecule has 2 bridgehead atoms. The molecule has 0 N–H and O–H groups in total. The van der Waals surface area contributed by atoms with Crippen molar-refractivity contribution in [2.24, 2.45) is 17.8 Å². The molecular weight excluding hydrogens is 475 g/mol. The Morgan fingerprint density at radius 3 is 1.60 bits per heavy atom. The van der Waals surface area contributed by atoms with Crippen molar-refractivity contribution in [2.75, 3.05) is 7.11 Å². The number of fused-ring (bicyclic) bond motifs is 2. The fraction of sp³-hybridized carbons (Fsp3) is 0.296. The minimum atomic E-state index is -3.56. The zero-order chi connectivity index (χ0) is 20.6. The van der Waals surface area contributed by atoms with Gasteiger partial charge >= 0.3 is 184 Å². The summed E-state index contributed by atoms with van der Waals surface area (Å²) in [6.45, 7) is 0. The van der Waals surface area contributed by atoms with Crippen LogP contribution in [0.4, 0.5) is 0 Å². The van der Waals surface area contributed by atoms with E-state index in [1.54, 1.807) is 7.11 Å². The molecule has 0 aliphatic heterocycles. The van der Waals surface area contributed by atoms with Crippen LogP contribution < -0.4 is 10.7 Å². The summed E-state index contributed by atoms with van der Waals surface area (Å²) in [5.41, 5.74) is 0. The number of methoxy groups -OCH3 is 1. The Hall–Kier alpha value is -2.07. The summed E-state index contributed by atoms with van der Waals surface area (Å²) >= 11 is -3.56. The third-order valence-electron chi connectivity index (χ3n) is 7.58. The predicted octanol–water partition coefficient (Wildman–Crippen LogP) is 3.75. The number of rotatable bonds is 5. The zero-order valence-corrected chi connectivity index (χ0v) is 20.3. The van der Waals surface area contributed by atoms with Crippen molar-refractivity contribution in [1.29, 1.82) is 0 Å². The van der Waals surface area contributed by atoms with Gasteiger partial charge < -0.3 is 0 Å². The first-order valence-corrected chi connectivity index (χ1v) is 16.9. The van der Waals surface area contributed by atoms with Gasteiger partial charge in [-0.2, -0.15) is 0 Å². The van der Waals surface area contributed by atoms with Gasteiger partial charge in [0, 0.05) is 0 Å². The van der Waals surface area contributed by atoms with Crippen molar-refractivity contribution in [2.45, 2.75) is 23.2 Å². The van der Waals surface area contributed by atoms with Gasteiger partial charge in [0.15, 0.2) is 0 Å². The van der Waals surface area contributed by atoms with E-state index in [0.29, 0.717) is 15.8 Å². The van der Waals surface area contributed by atoms with Crippen molar-refractivity contribution < 1.29 is 9.53 Å². The minimum absolute atomic E-state index is 0.0102. The summed E-state index contributed by atoms with van der Waals surface area (Å²) < 4.78 is 10.2. The van der Waals surface area contributed by atoms with Crippen molar-refractivity contribution in [3.8, 4) is 0 Å². The van der Waals surface area contributed by atoms with Crippen molar-refractivity contribution in [3.63, 3.8) is 0 Å². The van der Waals surface area contributed by atoms with E-state index in [1.165, 1.54) is 30.0 Å². The second-order valence-electron chi connectivity index (χ2n) is 8.81. The number of carbonyl (C=O) groups is 1. The molecule has 2 saturated carbocycles. The van der Waals surface area contributed by atoms with Crippen LogP contribution >= 0.6 is 0 Å². The molecule has 0 spiro atoms. The quantitative estimate of drug-likeness (QED) is 0.392. The van der Waals surface area contributed by atoms with Crippen molar-refractivity contribution in [3.05, 3.63) is 91.0 Å². The summed E-state index contributed by atoms with van der Waals surface area (Å²) in [5, 5.41) is 0. The maximum atomic E-state index is 13.2. The first-order chi connectivity index (χ1) is 14.8. The molecule has 152 valence electrons. The van der Waals surface area contributed by atoms with E-state index in [-0.39, 0.29) is 11.9 Å². The molecule has 0 radical (unpaired) electrons. The van der Waals surface area contributed by atoms with Gasteiger partial charge in [-0.15, -0.1) is 0 Å². The molecule has 0 aromatic heterocycles. The fourth-order valence-electron chi connectivity index (χ4n) is 6.57. The summed E-state index contributed by atoms with van der Waals surface area (Å²) in [4.78, 5) is 13.2. The monoisotopic (exact) mass is 504 g/mol. The van der Waals surface area contributed by atoms with Crippen LogP contribution in [-0.4, -0.2) is 31.5 Å². The van der Waals surface area contributed by atoms with Crippen molar-refractivity contribution in [1.82, 2.24) is 0 Å². The Morgan fingerprint density at radius 1 is 0.733 bits per heavy atom. The fourth-order valence-corrected chi connectivity index (χ4v) is 24.5. The van der Waals surface area contributed by atoms with Crippen LogP contribution in [0.2, 0.25) is 3.93 Å². The molecule has 2 aliphatic carbocycles. The molecule has 3 aromatic rings. The molecule has 0 heterocycles. The van der Waals surface area contributed by atoms with E-state index < -0.39 is 18.4 Å². The SMILES string of the molecule is COC(=O)[C@@H]1[C@@H]2CC[C@@H](C2)[C@@H]1[Sn]([c]1ccccc1)([c]1ccccc1)[c]1ccccc1. The normalized spacial score (nSPS) is 25.2. The van der Waals surface area contributed by atoms with Gasteiger partial charge in [0.1, 0.15) is 0 Å². The first-order valence-electron chi connectivity index (χ1n) is 11.0. The summed E-state index contributed by atoms with van der Waals surface area (Å²) in [6.07, 6.45) is 3.59. The third-order valence-corrected chi connectivity index (χ3v) is 23.5. The standard InChI is InChI=1S/C9H13O2.3C6H5.Sn/c1-11-9(10)8-5-6-2-3-7(8)4-6;3*1-2-4-6-5-3-1;/h5-8H,2-4H2,1H3;3*1-5H;/t6-,7+,8-;;;;/m0..../s1. The molecule has 0 saturated heterocycles. The third kappa shape index (κ3) is 3.03. The van der Waals surface area contributed by atoms with E-state index >= 15 is 0 Å². The average molecular weight is 503 g/mol. The Morgan fingerprint density at radius 2 is 1.17 bits per heavy atom. The van der Waals surface area contributed by atoms with Gasteiger partial charge in [-0.05, 0) is 0 Å². The van der Waals surface area contributed by atoms with E-state index in [4.69, 9.17) is 4.74 Å². The van der Waals surface area contributed by atoms with E-state index in [1.807, 2.05) is 0 Å². The second kappa shape index (κ2) is 8.22. The molecule has 2 aliphatic rings. The number of ether oxygens (including phenoxy) is 1. The Bertz CT molecular complexity index is 906. The van der Waals surface area contributed by atoms with Gasteiger partial charge in [0.2, 0.25) is 0 Å². The van der Waals surface area contributed by atoms with Gasteiger partial charge in [-0.1, -0.05) is 0 Å². The number of hydrogen-bond donors (Lipinski definition) is 0. The number of hydrogen-bond acceptors (Lipinski definition) is 2. The molecular formula is C27H28O2Sn. The molecule has 30 heavy (non-hydrogen) atoms. The molecule has 0 amide bonds. The van der Waals surface area contributed by atoms with E-state index in [9.17, 15) is 4.79 Å². The Balaban J connectivity index is 1.84. The van der Waals surface area contributed by atoms with Crippen LogP contribution in [-0.2, 0) is 9.53 Å². The Kier molecular flexibility index (Phi) is 5.44. The molecule has 5 rings (SSSR count). The molecule has 3 heteroatoms. The van der Waals surface area contributed by atoms with Crippen LogP contribution in [0, 0.1) is 17.8 Å². The topological polar surface area (TPSA) is 26.3 Å². The predicted molar refractivity (Wildman–Crippen MR) is 124 cm³/mol. The number of carbonyl (C=O) groups excluding carboxylic acids is 1. The number of esters is 1. The first kappa shape index (κ1) is 19.9. The van der Waals surface area contributed by atoms with Crippen LogP contribution in [0.15, 0.2) is 91.0 Å². The van der Waals surface area contributed by atoms with Crippen molar-refractivity contribution >= 4 is 35.1 Å². The van der Waals surface area contributed by atoms with Gasteiger partial charge in [-0.3, -0.25) is 0 Å². The van der Waals surface area contributed by atoms with Crippen LogP contribution in [0.1, 0.15) is 19.3 Å². The molecule has 3 aromatic carbocycles. The molecule has 2 nitrogen and oxygen atoms in total. The van der Waals surface area contributed by atoms with Crippen LogP contribution in [0.25, 0.3) is 0 Å². The maximum absolute atomic E-state index is 13.2. The van der Waals surface area contributed by atoms with E-state index in [2.05, 4.69) is 91.0 Å². The van der Waals surface area contributed by atoms with Crippen LogP contribution in [0.3, 0.4) is 0 Å². The molecule has 2 fully saturated rings. The van der Waals surface area contributed by atoms with Crippen LogP contribution in [0.5, 0.6) is 0 Å². The summed E-state index contributed by atoms with van der Waals surface area (Å²) in [7, 11) is 1.57. The van der Waals surface area contributed by atoms with Gasteiger partial charge in [0.25, 0.3) is 0 Å². The zero-order valence-electron chi connectivity index (χ0n) is 17.4. The summed E-state index contributed by atoms with van der Waals surface area (Å²) in [5.74, 6) is 1.11. The molecule has 4 atom stereocenters.